The van der Waals surface area contributed by atoms with E-state index in [0.717, 1.165) is 25.3 Å². The molecule has 1 nitrogen and oxygen atoms in total. The summed E-state index contributed by atoms with van der Waals surface area (Å²) < 4.78 is 0. The van der Waals surface area contributed by atoms with Gasteiger partial charge in [-0.15, -0.1) is 0 Å². The van der Waals surface area contributed by atoms with Gasteiger partial charge in [0.15, 0.2) is 0 Å². The molecule has 0 aromatic heterocycles. The van der Waals surface area contributed by atoms with Gasteiger partial charge >= 0.3 is 0 Å². The first-order chi connectivity index (χ1) is 5.35. The van der Waals surface area contributed by atoms with Crippen LogP contribution in [0.5, 0.6) is 0 Å². The van der Waals surface area contributed by atoms with Crippen LogP contribution in [-0.2, 0) is 0 Å². The van der Waals surface area contributed by atoms with Crippen LogP contribution in [0.25, 0.3) is 0 Å². The summed E-state index contributed by atoms with van der Waals surface area (Å²) in [4.78, 5) is 0. The van der Waals surface area contributed by atoms with Gasteiger partial charge in [-0.3, -0.25) is 0 Å². The highest BCUT2D eigenvalue weighted by molar-refractivity contribution is 4.87. The summed E-state index contributed by atoms with van der Waals surface area (Å²) in [6.07, 6.45) is 9.40. The lowest BCUT2D eigenvalue weighted by molar-refractivity contribution is 0.543. The van der Waals surface area contributed by atoms with Gasteiger partial charge in [-0.1, -0.05) is 32.4 Å². The minimum Gasteiger partial charge on any atom is -0.330 e. The summed E-state index contributed by atoms with van der Waals surface area (Å²) in [5.41, 5.74) is 5.50. The van der Waals surface area contributed by atoms with Crippen LogP contribution < -0.4 is 5.73 Å². The summed E-state index contributed by atoms with van der Waals surface area (Å²) in [5.74, 6) is 0.727. The predicted octanol–water partition coefficient (Wildman–Crippen LogP) is 2.72. The molecule has 0 radical (unpaired) electrons. The van der Waals surface area contributed by atoms with E-state index in [9.17, 15) is 0 Å². The second-order valence-electron chi connectivity index (χ2n) is 2.96. The molecule has 11 heavy (non-hydrogen) atoms. The molecule has 1 heteroatoms. The van der Waals surface area contributed by atoms with Crippen molar-refractivity contribution in [2.75, 3.05) is 6.54 Å². The van der Waals surface area contributed by atoms with Gasteiger partial charge in [0.1, 0.15) is 0 Å². The van der Waals surface area contributed by atoms with Crippen LogP contribution in [0, 0.1) is 5.92 Å². The highest BCUT2D eigenvalue weighted by Gasteiger charge is 2.00. The molecule has 0 saturated carbocycles. The van der Waals surface area contributed by atoms with Gasteiger partial charge in [0.05, 0.1) is 0 Å². The van der Waals surface area contributed by atoms with E-state index in [2.05, 4.69) is 26.0 Å². The first-order valence-electron chi connectivity index (χ1n) is 4.71. The Morgan fingerprint density at radius 3 is 2.45 bits per heavy atom. The van der Waals surface area contributed by atoms with Crippen LogP contribution in [0.1, 0.15) is 39.5 Å². The maximum absolute atomic E-state index is 5.50. The van der Waals surface area contributed by atoms with E-state index in [1.54, 1.807) is 0 Å². The van der Waals surface area contributed by atoms with E-state index in [4.69, 9.17) is 5.73 Å². The van der Waals surface area contributed by atoms with Gasteiger partial charge in [-0.2, -0.15) is 0 Å². The van der Waals surface area contributed by atoms with Gasteiger partial charge in [0.25, 0.3) is 0 Å². The third-order valence-corrected chi connectivity index (χ3v) is 1.84. The first kappa shape index (κ1) is 10.7. The Morgan fingerprint density at radius 1 is 1.27 bits per heavy atom. The zero-order chi connectivity index (χ0) is 8.53. The monoisotopic (exact) mass is 155 g/mol. The molecule has 0 aliphatic carbocycles. The zero-order valence-electron chi connectivity index (χ0n) is 7.84. The highest BCUT2D eigenvalue weighted by atomic mass is 14.5. The first-order valence-corrected chi connectivity index (χ1v) is 4.71. The van der Waals surface area contributed by atoms with Gasteiger partial charge in [-0.25, -0.2) is 0 Å². The third kappa shape index (κ3) is 6.11. The van der Waals surface area contributed by atoms with Crippen molar-refractivity contribution in [3.8, 4) is 0 Å². The third-order valence-electron chi connectivity index (χ3n) is 1.84. The van der Waals surface area contributed by atoms with Crippen LogP contribution >= 0.6 is 0 Å². The molecule has 0 saturated heterocycles. The topological polar surface area (TPSA) is 26.0 Å². The van der Waals surface area contributed by atoms with Gasteiger partial charge in [0.2, 0.25) is 0 Å². The van der Waals surface area contributed by atoms with Crippen LogP contribution in [0.4, 0.5) is 0 Å². The summed E-state index contributed by atoms with van der Waals surface area (Å²) in [7, 11) is 0. The van der Waals surface area contributed by atoms with E-state index < -0.39 is 0 Å². The van der Waals surface area contributed by atoms with Crippen molar-refractivity contribution in [2.24, 2.45) is 11.7 Å². The second kappa shape index (κ2) is 7.80. The molecule has 0 aromatic carbocycles. The number of hydrogen-bond donors (Lipinski definition) is 1. The molecule has 0 rings (SSSR count). The Kier molecular flexibility index (Phi) is 7.59. The lowest BCUT2D eigenvalue weighted by Crippen LogP contribution is -2.06. The Morgan fingerprint density at radius 2 is 2.00 bits per heavy atom. The Hall–Kier alpha value is -0.300. The van der Waals surface area contributed by atoms with Crippen molar-refractivity contribution in [3.05, 3.63) is 12.2 Å². The van der Waals surface area contributed by atoms with E-state index >= 15 is 0 Å². The summed E-state index contributed by atoms with van der Waals surface area (Å²) >= 11 is 0. The Labute approximate surface area is 70.7 Å². The normalized spacial score (nSPS) is 14.1. The fourth-order valence-corrected chi connectivity index (χ4v) is 1.25. The van der Waals surface area contributed by atoms with Gasteiger partial charge < -0.3 is 5.73 Å². The van der Waals surface area contributed by atoms with Crippen molar-refractivity contribution >= 4 is 0 Å². The quantitative estimate of drug-likeness (QED) is 0.586. The Balaban J connectivity index is 3.58. The molecule has 0 spiro atoms. The molecule has 2 N–H and O–H groups in total. The molecule has 0 fully saturated rings. The number of rotatable bonds is 6. The molecular weight excluding hydrogens is 134 g/mol. The average molecular weight is 155 g/mol. The molecule has 0 bridgehead atoms. The molecule has 0 aromatic rings. The molecule has 66 valence electrons. The molecule has 1 atom stereocenters. The lowest BCUT2D eigenvalue weighted by atomic mass is 9.99. The predicted molar refractivity (Wildman–Crippen MR) is 51.5 cm³/mol. The Bertz CT molecular complexity index is 91.0. The SMILES string of the molecule is CCC=CC(CCC)CCN. The fourth-order valence-electron chi connectivity index (χ4n) is 1.25. The average Bonchev–Trinajstić information content (AvgIpc) is 2.01. The van der Waals surface area contributed by atoms with Crippen LogP contribution in [0.15, 0.2) is 12.2 Å². The van der Waals surface area contributed by atoms with Crippen LogP contribution in [0.3, 0.4) is 0 Å². The maximum Gasteiger partial charge on any atom is -0.00717 e. The highest BCUT2D eigenvalue weighted by Crippen LogP contribution is 2.11. The van der Waals surface area contributed by atoms with E-state index in [1.165, 1.54) is 12.8 Å². The van der Waals surface area contributed by atoms with Crippen LogP contribution in [-0.4, -0.2) is 6.54 Å². The van der Waals surface area contributed by atoms with Gasteiger partial charge in [-0.05, 0) is 31.7 Å². The molecule has 1 unspecified atom stereocenters. The van der Waals surface area contributed by atoms with Gasteiger partial charge in [0, 0.05) is 0 Å². The molecule has 0 amide bonds. The van der Waals surface area contributed by atoms with Crippen molar-refractivity contribution in [1.82, 2.24) is 0 Å². The summed E-state index contributed by atoms with van der Waals surface area (Å²) in [6.45, 7) is 5.21. The number of allylic oxidation sites excluding steroid dienone is 2. The standard InChI is InChI=1S/C10H21N/c1-3-5-7-10(6-4-2)8-9-11/h5,7,10H,3-4,6,8-9,11H2,1-2H3. The zero-order valence-corrected chi connectivity index (χ0v) is 7.84. The summed E-state index contributed by atoms with van der Waals surface area (Å²) in [5, 5.41) is 0. The minimum atomic E-state index is 0.727. The maximum atomic E-state index is 5.50. The van der Waals surface area contributed by atoms with Crippen molar-refractivity contribution in [2.45, 2.75) is 39.5 Å². The van der Waals surface area contributed by atoms with E-state index in [-0.39, 0.29) is 0 Å². The molecule has 0 aliphatic rings. The van der Waals surface area contributed by atoms with Crippen molar-refractivity contribution < 1.29 is 0 Å². The second-order valence-corrected chi connectivity index (χ2v) is 2.96. The fraction of sp³-hybridized carbons (Fsp3) is 0.800. The van der Waals surface area contributed by atoms with Crippen molar-refractivity contribution in [3.63, 3.8) is 0 Å². The minimum absolute atomic E-state index is 0.727. The van der Waals surface area contributed by atoms with Crippen LogP contribution in [0.2, 0.25) is 0 Å². The lowest BCUT2D eigenvalue weighted by Gasteiger charge is -2.08. The summed E-state index contributed by atoms with van der Waals surface area (Å²) in [6, 6.07) is 0. The van der Waals surface area contributed by atoms with Crippen molar-refractivity contribution in [1.29, 1.82) is 0 Å². The molecule has 0 heterocycles. The smallest absolute Gasteiger partial charge is 0.00717 e. The van der Waals surface area contributed by atoms with E-state index in [1.807, 2.05) is 0 Å². The molecular formula is C10H21N. The molecule has 0 aliphatic heterocycles. The number of hydrogen-bond acceptors (Lipinski definition) is 1. The number of nitrogens with two attached hydrogens (primary N) is 1. The largest absolute Gasteiger partial charge is 0.330 e. The van der Waals surface area contributed by atoms with E-state index in [0.29, 0.717) is 0 Å².